The van der Waals surface area contributed by atoms with Crippen LogP contribution in [0, 0.1) is 5.41 Å². The van der Waals surface area contributed by atoms with Crippen LogP contribution in [0.3, 0.4) is 0 Å². The number of thiazole rings is 1. The van der Waals surface area contributed by atoms with Crippen LogP contribution in [0.1, 0.15) is 38.2 Å². The second-order valence-corrected chi connectivity index (χ2v) is 9.00. The first-order valence-corrected chi connectivity index (χ1v) is 11.9. The number of phenols is 1. The van der Waals surface area contributed by atoms with Crippen molar-refractivity contribution in [3.8, 4) is 33.3 Å². The fourth-order valence-corrected chi connectivity index (χ4v) is 4.73. The molecule has 0 unspecified atom stereocenters. The van der Waals surface area contributed by atoms with Crippen molar-refractivity contribution in [3.05, 3.63) is 57.9 Å². The molecule has 0 atom stereocenters. The first-order chi connectivity index (χ1) is 15.5. The van der Waals surface area contributed by atoms with Crippen molar-refractivity contribution in [3.63, 3.8) is 0 Å². The molecule has 0 aliphatic rings. The van der Waals surface area contributed by atoms with Crippen LogP contribution in [0.25, 0.3) is 32.8 Å². The Kier molecular flexibility index (Phi) is 6.82. The predicted octanol–water partition coefficient (Wildman–Crippen LogP) is 7.19. The topological polar surface area (TPSA) is 79.3 Å². The summed E-state index contributed by atoms with van der Waals surface area (Å²) in [7, 11) is 1.61. The minimum absolute atomic E-state index is 0.00607. The summed E-state index contributed by atoms with van der Waals surface area (Å²) in [6.07, 6.45) is 5.36. The Hall–Kier alpha value is -2.83. The molecule has 32 heavy (non-hydrogen) atoms. The highest BCUT2D eigenvalue weighted by Crippen LogP contribution is 2.36. The summed E-state index contributed by atoms with van der Waals surface area (Å²) >= 11 is 7.61. The first-order valence-electron chi connectivity index (χ1n) is 10.6. The Bertz CT molecular complexity index is 1310. The smallest absolute Gasteiger partial charge is 0.222 e. The molecule has 0 fully saturated rings. The summed E-state index contributed by atoms with van der Waals surface area (Å²) in [5.41, 5.74) is 3.53. The number of phenolic OH excluding ortho intramolecular Hbond substituents is 1. The lowest BCUT2D eigenvalue weighted by Crippen LogP contribution is -2.03. The highest BCUT2D eigenvalue weighted by atomic mass is 35.5. The maximum absolute atomic E-state index is 10.4. The standard InChI is InChI=1S/C25H25ClN2O3S/c1-3-4-5-6-7-15-10-16-11-19(24(27)31-23(16)13-21(15)29)25-28-20(14-32-25)18-12-17(26)8-9-22(18)30-2/h8-14,27,29H,3-7H2,1-2H3. The summed E-state index contributed by atoms with van der Waals surface area (Å²) in [6, 6.07) is 10.9. The monoisotopic (exact) mass is 468 g/mol. The number of methoxy groups -OCH3 is 1. The third kappa shape index (κ3) is 4.66. The molecular formula is C25H25ClN2O3S. The predicted molar refractivity (Wildman–Crippen MR) is 130 cm³/mol. The van der Waals surface area contributed by atoms with Gasteiger partial charge in [0, 0.05) is 27.4 Å². The molecule has 4 rings (SSSR count). The van der Waals surface area contributed by atoms with E-state index >= 15 is 0 Å². The van der Waals surface area contributed by atoms with E-state index < -0.39 is 0 Å². The number of ether oxygens (including phenoxy) is 1. The minimum Gasteiger partial charge on any atom is -0.508 e. The SMILES string of the molecule is CCCCCCc1cc2cc(-c3nc(-c4cc(Cl)ccc4OC)cs3)c(=N)oc2cc1O. The number of hydrogen-bond acceptors (Lipinski definition) is 6. The number of unbranched alkanes of at least 4 members (excludes halogenated alkanes) is 3. The number of nitrogens with one attached hydrogen (secondary N) is 1. The fraction of sp³-hybridized carbons (Fsp3) is 0.280. The van der Waals surface area contributed by atoms with Crippen molar-refractivity contribution in [2.24, 2.45) is 0 Å². The summed E-state index contributed by atoms with van der Waals surface area (Å²) in [6.45, 7) is 2.18. The van der Waals surface area contributed by atoms with Crippen molar-refractivity contribution < 1.29 is 14.3 Å². The normalized spacial score (nSPS) is 11.2. The molecule has 0 saturated carbocycles. The van der Waals surface area contributed by atoms with Crippen LogP contribution in [-0.2, 0) is 6.42 Å². The number of fused-ring (bicyclic) bond motifs is 1. The number of aryl methyl sites for hydroxylation is 1. The van der Waals surface area contributed by atoms with Gasteiger partial charge in [0.2, 0.25) is 5.55 Å². The van der Waals surface area contributed by atoms with Gasteiger partial charge in [-0.25, -0.2) is 4.98 Å². The third-order valence-electron chi connectivity index (χ3n) is 5.44. The molecule has 0 radical (unpaired) electrons. The van der Waals surface area contributed by atoms with E-state index in [4.69, 9.17) is 31.1 Å². The van der Waals surface area contributed by atoms with Gasteiger partial charge in [-0.1, -0.05) is 37.8 Å². The van der Waals surface area contributed by atoms with Gasteiger partial charge in [0.05, 0.1) is 18.4 Å². The van der Waals surface area contributed by atoms with Crippen LogP contribution in [0.15, 0.2) is 46.2 Å². The lowest BCUT2D eigenvalue weighted by Gasteiger charge is -2.08. The third-order valence-corrected chi connectivity index (χ3v) is 6.55. The molecule has 5 nitrogen and oxygen atoms in total. The first kappa shape index (κ1) is 22.4. The molecule has 0 aliphatic carbocycles. The maximum Gasteiger partial charge on any atom is 0.222 e. The van der Waals surface area contributed by atoms with Crippen LogP contribution < -0.4 is 10.3 Å². The van der Waals surface area contributed by atoms with E-state index in [0.717, 1.165) is 41.5 Å². The lowest BCUT2D eigenvalue weighted by molar-refractivity contribution is 0.416. The Morgan fingerprint density at radius 2 is 1.97 bits per heavy atom. The second kappa shape index (κ2) is 9.76. The molecule has 2 aromatic carbocycles. The number of aromatic nitrogens is 1. The zero-order valence-corrected chi connectivity index (χ0v) is 19.6. The van der Waals surface area contributed by atoms with Crippen molar-refractivity contribution >= 4 is 33.9 Å². The van der Waals surface area contributed by atoms with E-state index in [2.05, 4.69) is 6.92 Å². The van der Waals surface area contributed by atoms with Gasteiger partial charge in [-0.15, -0.1) is 11.3 Å². The van der Waals surface area contributed by atoms with Crippen molar-refractivity contribution in [2.75, 3.05) is 7.11 Å². The average molecular weight is 469 g/mol. The average Bonchev–Trinajstić information content (AvgIpc) is 3.26. The van der Waals surface area contributed by atoms with Crippen LogP contribution >= 0.6 is 22.9 Å². The zero-order chi connectivity index (χ0) is 22.7. The van der Waals surface area contributed by atoms with E-state index in [-0.39, 0.29) is 11.3 Å². The fourth-order valence-electron chi connectivity index (χ4n) is 3.72. The van der Waals surface area contributed by atoms with Gasteiger partial charge in [-0.05, 0) is 48.7 Å². The number of aromatic hydroxyl groups is 1. The molecule has 4 aromatic rings. The molecule has 7 heteroatoms. The summed E-state index contributed by atoms with van der Waals surface area (Å²) in [5, 5.41) is 22.8. The quantitative estimate of drug-likeness (QED) is 0.268. The largest absolute Gasteiger partial charge is 0.508 e. The van der Waals surface area contributed by atoms with E-state index in [1.165, 1.54) is 24.2 Å². The van der Waals surface area contributed by atoms with Crippen LogP contribution in [-0.4, -0.2) is 17.2 Å². The highest BCUT2D eigenvalue weighted by Gasteiger charge is 2.15. The van der Waals surface area contributed by atoms with E-state index in [9.17, 15) is 5.11 Å². The van der Waals surface area contributed by atoms with E-state index in [1.54, 1.807) is 19.2 Å². The molecule has 2 heterocycles. The Morgan fingerprint density at radius 1 is 1.12 bits per heavy atom. The molecule has 0 saturated heterocycles. The second-order valence-electron chi connectivity index (χ2n) is 7.70. The Balaban J connectivity index is 1.70. The zero-order valence-electron chi connectivity index (χ0n) is 18.1. The van der Waals surface area contributed by atoms with Crippen molar-refractivity contribution in [1.29, 1.82) is 5.41 Å². The van der Waals surface area contributed by atoms with Crippen molar-refractivity contribution in [1.82, 2.24) is 4.98 Å². The molecule has 0 bridgehead atoms. The van der Waals surface area contributed by atoms with Gasteiger partial charge in [0.25, 0.3) is 0 Å². The van der Waals surface area contributed by atoms with Gasteiger partial charge in [0.15, 0.2) is 0 Å². The van der Waals surface area contributed by atoms with E-state index in [0.29, 0.717) is 26.9 Å². The maximum atomic E-state index is 10.4. The number of hydrogen-bond donors (Lipinski definition) is 2. The van der Waals surface area contributed by atoms with Gasteiger partial charge in [-0.3, -0.25) is 5.41 Å². The molecule has 0 amide bonds. The number of rotatable bonds is 8. The van der Waals surface area contributed by atoms with Crippen LogP contribution in [0.4, 0.5) is 0 Å². The Labute approximate surface area is 195 Å². The molecule has 0 spiro atoms. The highest BCUT2D eigenvalue weighted by molar-refractivity contribution is 7.13. The number of halogens is 1. The molecular weight excluding hydrogens is 444 g/mol. The van der Waals surface area contributed by atoms with Crippen molar-refractivity contribution in [2.45, 2.75) is 39.0 Å². The number of nitrogens with zero attached hydrogens (tertiary/aromatic N) is 1. The molecule has 166 valence electrons. The summed E-state index contributed by atoms with van der Waals surface area (Å²) in [5.74, 6) is 0.901. The Morgan fingerprint density at radius 3 is 2.75 bits per heavy atom. The lowest BCUT2D eigenvalue weighted by atomic mass is 10.0. The summed E-state index contributed by atoms with van der Waals surface area (Å²) in [4.78, 5) is 4.73. The van der Waals surface area contributed by atoms with Crippen LogP contribution in [0.2, 0.25) is 5.02 Å². The van der Waals surface area contributed by atoms with Gasteiger partial charge < -0.3 is 14.3 Å². The van der Waals surface area contributed by atoms with E-state index in [1.807, 2.05) is 29.6 Å². The van der Waals surface area contributed by atoms with Crippen LogP contribution in [0.5, 0.6) is 11.5 Å². The molecule has 2 aromatic heterocycles. The molecule has 2 N–H and O–H groups in total. The minimum atomic E-state index is 0.00607. The van der Waals surface area contributed by atoms with Gasteiger partial charge in [-0.2, -0.15) is 0 Å². The molecule has 0 aliphatic heterocycles. The summed E-state index contributed by atoms with van der Waals surface area (Å²) < 4.78 is 11.2. The number of benzene rings is 2. The van der Waals surface area contributed by atoms with Gasteiger partial charge in [0.1, 0.15) is 22.1 Å². The van der Waals surface area contributed by atoms with Gasteiger partial charge >= 0.3 is 0 Å².